The van der Waals surface area contributed by atoms with Crippen LogP contribution in [-0.2, 0) is 0 Å². The standard InChI is InChI=1S/3C6H7N.6C5H6N2.2C4H5N3.22C2H6/c1-6-2-4-7-5-3-6;1-6-3-2-4-7-5-6;1-6-4-2-3-5-7-6;1-5-2-6-4-7-3-5;1-5-4-6-2-3-7-5;1-5-2-3-6-4-7-5;1-5-2-3-6-7-4-5;1-5-6-3-2-4-7-5;1-5-3-2-4-6-7-5;1-4-2-5-3-6-7-4;1-4-5-2-3-6-7-4;22*1-2/h3*2-5H,1H3;6*2-4H,1H3;2*2-3H,1H3;22*1-2H3. The lowest BCUT2D eigenvalue weighted by Gasteiger charge is -1.82. The van der Waals surface area contributed by atoms with Crippen molar-refractivity contribution in [1.82, 2.24) is 106 Å². The van der Waals surface area contributed by atoms with Crippen molar-refractivity contribution >= 4 is 0 Å². The molecule has 0 bridgehead atoms. The van der Waals surface area contributed by atoms with Crippen molar-refractivity contribution in [1.29, 1.82) is 0 Å². The Balaban J connectivity index is -0.0000000426. The van der Waals surface area contributed by atoms with Crippen molar-refractivity contribution in [2.45, 2.75) is 381 Å². The average molecular weight is 1700 g/mol. The molecule has 0 amide bonds. The molecule has 11 aromatic rings. The lowest BCUT2D eigenvalue weighted by Crippen LogP contribution is -1.85. The highest BCUT2D eigenvalue weighted by Crippen LogP contribution is 1.91. The molecule has 121 heavy (non-hydrogen) atoms. The molecule has 21 heteroatoms. The lowest BCUT2D eigenvalue weighted by molar-refractivity contribution is 0.907. The summed E-state index contributed by atoms with van der Waals surface area (Å²) in [4.78, 5) is 49.8. The minimum absolute atomic E-state index is 0.711. The predicted octanol–water partition coefficient (Wildman–Crippen LogP) is 31.8. The van der Waals surface area contributed by atoms with Crippen molar-refractivity contribution in [2.75, 3.05) is 0 Å². The van der Waals surface area contributed by atoms with E-state index in [9.17, 15) is 0 Å². The zero-order valence-electron chi connectivity index (χ0n) is 89.5. The van der Waals surface area contributed by atoms with Gasteiger partial charge in [-0.15, -0.1) is 10.2 Å². The van der Waals surface area contributed by atoms with E-state index in [2.05, 4.69) is 106 Å². The first kappa shape index (κ1) is 170. The maximum absolute atomic E-state index is 3.98. The molecule has 11 heterocycles. The van der Waals surface area contributed by atoms with Crippen molar-refractivity contribution in [3.05, 3.63) is 272 Å². The second-order valence-electron chi connectivity index (χ2n) is 15.2. The number of aryl methyl sites for hydroxylation is 11. The molecule has 0 aromatic carbocycles. The molecule has 0 saturated carbocycles. The maximum atomic E-state index is 3.98. The van der Waals surface area contributed by atoms with Crippen LogP contribution in [-0.4, -0.2) is 106 Å². The van der Waals surface area contributed by atoms with Crippen molar-refractivity contribution in [3.8, 4) is 0 Å². The smallest absolute Gasteiger partial charge is 0.147 e. The Hall–Kier alpha value is -10.1. The van der Waals surface area contributed by atoms with E-state index in [1.807, 2.05) is 447 Å². The molecule has 0 aliphatic heterocycles. The van der Waals surface area contributed by atoms with Crippen molar-refractivity contribution in [3.63, 3.8) is 0 Å². The van der Waals surface area contributed by atoms with Gasteiger partial charge in [-0.25, -0.2) is 39.9 Å². The number of hydrogen-bond acceptors (Lipinski definition) is 21. The minimum atomic E-state index is 0.711. The topological polar surface area (TPSA) is 271 Å². The Kier molecular flexibility index (Phi) is 301. The molecular weight excluding hydrogens is 1500 g/mol. The number of rotatable bonds is 0. The van der Waals surface area contributed by atoms with Crippen LogP contribution in [0.2, 0.25) is 0 Å². The van der Waals surface area contributed by atoms with Crippen molar-refractivity contribution < 1.29 is 0 Å². The van der Waals surface area contributed by atoms with E-state index >= 15 is 0 Å². The molecule has 0 aliphatic carbocycles. The number of pyridine rings is 3. The molecule has 704 valence electrons. The van der Waals surface area contributed by atoms with Crippen LogP contribution >= 0.6 is 0 Å². The summed E-state index contributed by atoms with van der Waals surface area (Å²) in [6.45, 7) is 109. The molecule has 0 N–H and O–H groups in total. The first-order valence-electron chi connectivity index (χ1n) is 45.5. The van der Waals surface area contributed by atoms with Gasteiger partial charge < -0.3 is 0 Å². The molecule has 0 unspecified atom stereocenters. The Morgan fingerprint density at radius 2 is 0.512 bits per heavy atom. The van der Waals surface area contributed by atoms with Gasteiger partial charge in [0.15, 0.2) is 0 Å². The van der Waals surface area contributed by atoms with Crippen LogP contribution in [0.15, 0.2) is 210 Å². The zero-order valence-corrected chi connectivity index (χ0v) is 89.5. The fourth-order valence-electron chi connectivity index (χ4n) is 4.16. The number of hydrogen-bond donors (Lipinski definition) is 0. The molecule has 0 radical (unpaired) electrons. The molecule has 21 nitrogen and oxygen atoms in total. The normalized spacial score (nSPS) is 6.64. The van der Waals surface area contributed by atoms with Gasteiger partial charge in [-0.05, 0) is 159 Å². The van der Waals surface area contributed by atoms with E-state index in [0.29, 0.717) is 5.82 Å². The van der Waals surface area contributed by atoms with Gasteiger partial charge in [-0.3, -0.25) is 24.9 Å². The van der Waals surface area contributed by atoms with E-state index in [-0.39, 0.29) is 0 Å². The first-order valence-corrected chi connectivity index (χ1v) is 45.5. The third-order valence-electron chi connectivity index (χ3n) is 7.91. The van der Waals surface area contributed by atoms with E-state index in [4.69, 9.17) is 0 Å². The molecule has 0 saturated heterocycles. The summed E-state index contributed by atoms with van der Waals surface area (Å²) in [5.74, 6) is 1.53. The summed E-state index contributed by atoms with van der Waals surface area (Å²) >= 11 is 0. The van der Waals surface area contributed by atoms with Gasteiger partial charge >= 0.3 is 0 Å². The van der Waals surface area contributed by atoms with Gasteiger partial charge in [-0.2, -0.15) is 30.6 Å². The monoisotopic (exact) mass is 1690 g/mol. The Labute approximate surface area is 754 Å². The quantitative estimate of drug-likeness (QED) is 0.136. The van der Waals surface area contributed by atoms with Crippen LogP contribution < -0.4 is 0 Å². The molecule has 0 spiro atoms. The van der Waals surface area contributed by atoms with Gasteiger partial charge in [0.25, 0.3) is 0 Å². The first-order chi connectivity index (χ1) is 59.3. The maximum Gasteiger partial charge on any atom is 0.147 e. The third-order valence-corrected chi connectivity index (χ3v) is 7.91. The number of nitrogens with zero attached hydrogens (tertiary/aromatic N) is 21. The van der Waals surface area contributed by atoms with E-state index < -0.39 is 0 Å². The molecule has 0 fully saturated rings. The van der Waals surface area contributed by atoms with Crippen LogP contribution in [0.1, 0.15) is 367 Å². The largest absolute Gasteiger partial charge is 0.265 e. The van der Waals surface area contributed by atoms with Crippen LogP contribution in [0, 0.1) is 76.2 Å². The summed E-state index contributed by atoms with van der Waals surface area (Å²) < 4.78 is 0. The molecule has 0 atom stereocenters. The predicted molar refractivity (Wildman–Crippen MR) is 546 cm³/mol. The highest BCUT2D eigenvalue weighted by molar-refractivity contribution is 5.06. The van der Waals surface area contributed by atoms with E-state index in [1.165, 1.54) is 30.1 Å². The Morgan fingerprint density at radius 1 is 0.149 bits per heavy atom. The second kappa shape index (κ2) is 215. The summed E-state index contributed by atoms with van der Waals surface area (Å²) in [7, 11) is 0. The highest BCUT2D eigenvalue weighted by Gasteiger charge is 1.81. The van der Waals surface area contributed by atoms with Crippen LogP contribution in [0.25, 0.3) is 0 Å². The van der Waals surface area contributed by atoms with Crippen LogP contribution in [0.3, 0.4) is 0 Å². The Bertz CT molecular complexity index is 2220. The van der Waals surface area contributed by atoms with Gasteiger partial charge in [0.05, 0.1) is 35.7 Å². The molecule has 11 aromatic heterocycles. The Morgan fingerprint density at radius 3 is 0.694 bits per heavy atom. The number of aromatic nitrogens is 21. The minimum Gasteiger partial charge on any atom is -0.265 e. The summed E-state index contributed by atoms with van der Waals surface area (Å²) in [6, 6.07) is 23.1. The van der Waals surface area contributed by atoms with Gasteiger partial charge in [0, 0.05) is 111 Å². The third kappa shape index (κ3) is 211. The molecular formula is C100H199N21. The summed E-state index contributed by atoms with van der Waals surface area (Å²) in [6.07, 6.45) is 37.1. The molecule has 0 aliphatic rings. The van der Waals surface area contributed by atoms with E-state index in [0.717, 1.165) is 45.4 Å². The fourth-order valence-corrected chi connectivity index (χ4v) is 4.16. The fraction of sp³-hybridized carbons (Fsp3) is 0.550. The van der Waals surface area contributed by atoms with Crippen LogP contribution in [0.5, 0.6) is 0 Å². The lowest BCUT2D eigenvalue weighted by atomic mass is 10.3. The summed E-state index contributed by atoms with van der Waals surface area (Å²) in [5.41, 5.74) is 9.57. The van der Waals surface area contributed by atoms with Crippen LogP contribution in [0.4, 0.5) is 0 Å². The van der Waals surface area contributed by atoms with Crippen molar-refractivity contribution in [2.24, 2.45) is 0 Å². The average Bonchev–Trinajstić information content (AvgIpc) is 1.18. The van der Waals surface area contributed by atoms with Gasteiger partial charge in [0.2, 0.25) is 0 Å². The summed E-state index contributed by atoms with van der Waals surface area (Å²) in [5, 5.41) is 29.0. The molecule has 11 rings (SSSR count). The van der Waals surface area contributed by atoms with E-state index in [1.54, 1.807) is 125 Å². The van der Waals surface area contributed by atoms with Gasteiger partial charge in [0.1, 0.15) is 30.6 Å². The SMILES string of the molecule is CC.CC.CC.CC.CC.CC.CC.CC.CC.CC.CC.CC.CC.CC.CC.CC.CC.CC.CC.CC.CC.CC.Cc1ccccn1.Cc1cccnc1.Cc1cccnn1.Cc1ccncc1.Cc1ccncn1.Cc1ccnnc1.Cc1cnccn1.Cc1cncnc1.Cc1cncnn1.Cc1ncccn1.Cc1nccnn1. The van der Waals surface area contributed by atoms with Gasteiger partial charge in [-0.1, -0.05) is 317 Å². The second-order valence-corrected chi connectivity index (χ2v) is 15.2. The zero-order chi connectivity index (χ0) is 100. The highest BCUT2D eigenvalue weighted by atomic mass is 15.1.